The smallest absolute Gasteiger partial charge is 0.462 e. The van der Waals surface area contributed by atoms with Crippen molar-refractivity contribution in [3.8, 4) is 0 Å². The average molecular weight is 1520 g/mol. The number of aliphatic hydroxyl groups is 1. The van der Waals surface area contributed by atoms with Gasteiger partial charge in [0, 0.05) is 25.7 Å². The molecule has 0 aliphatic rings. The number of esters is 4. The molecule has 3 N–H and O–H groups in total. The molecule has 0 radical (unpaired) electrons. The van der Waals surface area contributed by atoms with E-state index < -0.39 is 97.5 Å². The second-order valence-electron chi connectivity index (χ2n) is 32.5. The molecule has 0 aromatic carbocycles. The van der Waals surface area contributed by atoms with Gasteiger partial charge >= 0.3 is 39.5 Å². The molecule has 3 unspecified atom stereocenters. The van der Waals surface area contributed by atoms with E-state index in [2.05, 4.69) is 55.4 Å². The highest BCUT2D eigenvalue weighted by molar-refractivity contribution is 7.47. The first-order valence-corrected chi connectivity index (χ1v) is 46.7. The predicted molar refractivity (Wildman–Crippen MR) is 428 cm³/mol. The Bertz CT molecular complexity index is 2020. The van der Waals surface area contributed by atoms with Crippen molar-refractivity contribution in [3.05, 3.63) is 0 Å². The average Bonchev–Trinajstić information content (AvgIpc) is 0.910. The number of unbranched alkanes of at least 4 members (excludes halogenated alkanes) is 48. The van der Waals surface area contributed by atoms with Gasteiger partial charge in [0.05, 0.1) is 26.4 Å². The maximum atomic E-state index is 13.1. The fourth-order valence-electron chi connectivity index (χ4n) is 13.1. The van der Waals surface area contributed by atoms with Gasteiger partial charge in [0.25, 0.3) is 0 Å². The highest BCUT2D eigenvalue weighted by Crippen LogP contribution is 2.45. The van der Waals surface area contributed by atoms with Crippen molar-refractivity contribution in [3.63, 3.8) is 0 Å². The second-order valence-corrected chi connectivity index (χ2v) is 35.4. The van der Waals surface area contributed by atoms with Gasteiger partial charge in [-0.3, -0.25) is 37.3 Å². The molecule has 0 rings (SSSR count). The van der Waals surface area contributed by atoms with Crippen LogP contribution in [-0.2, 0) is 65.4 Å². The number of rotatable bonds is 82. The molecular formula is C85H166O17P2. The molecule has 17 nitrogen and oxygen atoms in total. The van der Waals surface area contributed by atoms with Crippen molar-refractivity contribution in [1.29, 1.82) is 0 Å². The molecule has 0 spiro atoms. The number of hydrogen-bond acceptors (Lipinski definition) is 15. The first-order valence-electron chi connectivity index (χ1n) is 43.7. The molecule has 0 fully saturated rings. The van der Waals surface area contributed by atoms with E-state index in [0.29, 0.717) is 31.6 Å². The van der Waals surface area contributed by atoms with Gasteiger partial charge in [0.2, 0.25) is 0 Å². The Morgan fingerprint density at radius 3 is 0.596 bits per heavy atom. The maximum Gasteiger partial charge on any atom is 0.472 e. The van der Waals surface area contributed by atoms with Gasteiger partial charge in [0.15, 0.2) is 12.2 Å². The van der Waals surface area contributed by atoms with Crippen LogP contribution in [-0.4, -0.2) is 96.7 Å². The van der Waals surface area contributed by atoms with Crippen LogP contribution in [0.4, 0.5) is 0 Å². The molecule has 0 saturated carbocycles. The number of phosphoric acid groups is 2. The molecule has 19 heteroatoms. The Kier molecular flexibility index (Phi) is 72.5. The van der Waals surface area contributed by atoms with Crippen molar-refractivity contribution >= 4 is 39.5 Å². The van der Waals surface area contributed by atoms with E-state index in [1.807, 2.05) is 0 Å². The van der Waals surface area contributed by atoms with Gasteiger partial charge in [-0.05, 0) is 49.4 Å². The zero-order chi connectivity index (χ0) is 76.7. The first-order chi connectivity index (χ1) is 50.1. The van der Waals surface area contributed by atoms with E-state index in [-0.39, 0.29) is 25.7 Å². The highest BCUT2D eigenvalue weighted by atomic mass is 31.2. The number of aliphatic hydroxyl groups excluding tert-OH is 1. The van der Waals surface area contributed by atoms with Gasteiger partial charge in [-0.2, -0.15) is 0 Å². The van der Waals surface area contributed by atoms with Crippen LogP contribution in [0.2, 0.25) is 0 Å². The molecule has 0 saturated heterocycles. The summed E-state index contributed by atoms with van der Waals surface area (Å²) in [4.78, 5) is 73.1. The van der Waals surface area contributed by atoms with Crippen molar-refractivity contribution < 1.29 is 80.2 Å². The maximum absolute atomic E-state index is 13.1. The molecule has 0 aliphatic heterocycles. The van der Waals surface area contributed by atoms with Crippen LogP contribution in [0.5, 0.6) is 0 Å². The lowest BCUT2D eigenvalue weighted by atomic mass is 10.0. The number of carbonyl (C=O) groups is 4. The minimum atomic E-state index is -4.96. The molecule has 618 valence electrons. The lowest BCUT2D eigenvalue weighted by Crippen LogP contribution is -2.30. The van der Waals surface area contributed by atoms with Gasteiger partial charge in [-0.25, -0.2) is 9.13 Å². The third-order valence-corrected chi connectivity index (χ3v) is 21.7. The fraction of sp³-hybridized carbons (Fsp3) is 0.953. The van der Waals surface area contributed by atoms with E-state index in [9.17, 15) is 43.2 Å². The lowest BCUT2D eigenvalue weighted by Gasteiger charge is -2.21. The van der Waals surface area contributed by atoms with Crippen LogP contribution < -0.4 is 0 Å². The second kappa shape index (κ2) is 73.8. The summed E-state index contributed by atoms with van der Waals surface area (Å²) in [6.07, 6.45) is 62.7. The standard InChI is InChI=1S/C85H166O17P2/c1-75(2)61-53-45-37-31-25-19-15-11-9-10-12-18-22-29-35-41-51-59-67-85(90)102-81(72-96-83(88)66-58-50-44-43-48-56-64-78(7)8)74-100-104(93,94)98-70-79(86)69-97-103(91,92)99-73-80(101-84(89)68-60-52-42-36-30-24-23-27-33-39-47-55-63-77(5)6)71-95-82(87)65-57-49-40-34-28-21-17-14-13-16-20-26-32-38-46-54-62-76(3)4/h75-81,86H,9-74H2,1-8H3,(H,91,92)(H,93,94)/t79?,80-,81-/m1/s1. The molecule has 0 bridgehead atoms. The predicted octanol–water partition coefficient (Wildman–Crippen LogP) is 25.6. The van der Waals surface area contributed by atoms with E-state index in [1.54, 1.807) is 0 Å². The minimum Gasteiger partial charge on any atom is -0.462 e. The van der Waals surface area contributed by atoms with Crippen LogP contribution >= 0.6 is 15.6 Å². The summed E-state index contributed by atoms with van der Waals surface area (Å²) >= 11 is 0. The topological polar surface area (TPSA) is 237 Å². The summed E-state index contributed by atoms with van der Waals surface area (Å²) in [5.74, 6) is 0.978. The quantitative estimate of drug-likeness (QED) is 0.0222. The Balaban J connectivity index is 5.18. The van der Waals surface area contributed by atoms with Crippen molar-refractivity contribution in [1.82, 2.24) is 0 Å². The zero-order valence-corrected chi connectivity index (χ0v) is 70.5. The van der Waals surface area contributed by atoms with Crippen molar-refractivity contribution in [2.24, 2.45) is 23.7 Å². The fourth-order valence-corrected chi connectivity index (χ4v) is 14.7. The van der Waals surface area contributed by atoms with Crippen LogP contribution in [0.1, 0.15) is 441 Å². The van der Waals surface area contributed by atoms with E-state index >= 15 is 0 Å². The summed E-state index contributed by atoms with van der Waals surface area (Å²) in [5, 5.41) is 10.7. The normalized spacial score (nSPS) is 14.0. The monoisotopic (exact) mass is 1520 g/mol. The molecule has 0 aromatic rings. The van der Waals surface area contributed by atoms with Crippen molar-refractivity contribution in [2.75, 3.05) is 39.6 Å². The number of ether oxygens (including phenoxy) is 4. The molecule has 0 amide bonds. The molecule has 5 atom stereocenters. The highest BCUT2D eigenvalue weighted by Gasteiger charge is 2.30. The number of carbonyl (C=O) groups excluding carboxylic acids is 4. The summed E-state index contributed by atoms with van der Waals surface area (Å²) in [7, 11) is -9.93. The summed E-state index contributed by atoms with van der Waals surface area (Å²) < 4.78 is 68.8. The number of hydrogen-bond donors (Lipinski definition) is 3. The van der Waals surface area contributed by atoms with E-state index in [1.165, 1.54) is 238 Å². The van der Waals surface area contributed by atoms with Crippen LogP contribution in [0.25, 0.3) is 0 Å². The number of phosphoric ester groups is 2. The Hall–Kier alpha value is -1.94. The lowest BCUT2D eigenvalue weighted by molar-refractivity contribution is -0.161. The third kappa shape index (κ3) is 78.2. The summed E-state index contributed by atoms with van der Waals surface area (Å²) in [6.45, 7) is 14.3. The van der Waals surface area contributed by atoms with E-state index in [0.717, 1.165) is 114 Å². The van der Waals surface area contributed by atoms with Crippen molar-refractivity contribution in [2.45, 2.75) is 459 Å². The first kappa shape index (κ1) is 102. The van der Waals surface area contributed by atoms with Gasteiger partial charge < -0.3 is 33.8 Å². The minimum absolute atomic E-state index is 0.107. The van der Waals surface area contributed by atoms with Crippen LogP contribution in [0, 0.1) is 23.7 Å². The Morgan fingerprint density at radius 1 is 0.240 bits per heavy atom. The largest absolute Gasteiger partial charge is 0.472 e. The molecule has 0 aromatic heterocycles. The molecular weight excluding hydrogens is 1350 g/mol. The molecule has 0 aliphatic carbocycles. The summed E-state index contributed by atoms with van der Waals surface area (Å²) in [5.41, 5.74) is 0. The van der Waals surface area contributed by atoms with Gasteiger partial charge in [0.1, 0.15) is 19.3 Å². The Morgan fingerprint density at radius 2 is 0.404 bits per heavy atom. The van der Waals surface area contributed by atoms with Crippen LogP contribution in [0.15, 0.2) is 0 Å². The van der Waals surface area contributed by atoms with E-state index in [4.69, 9.17) is 37.0 Å². The molecule has 0 heterocycles. The van der Waals surface area contributed by atoms with Gasteiger partial charge in [-0.15, -0.1) is 0 Å². The zero-order valence-electron chi connectivity index (χ0n) is 68.7. The SMILES string of the molecule is CC(C)CCCCCCCCCCCCCCCCCCCCC(=O)O[C@H](COC(=O)CCCCCCCCC(C)C)COP(=O)(O)OCC(O)COP(=O)(O)OC[C@@H](COC(=O)CCCCCCCCCCCCCCCCCCC(C)C)OC(=O)CCCCCCCCCCCCCCC(C)C. The third-order valence-electron chi connectivity index (χ3n) is 19.8. The van der Waals surface area contributed by atoms with Gasteiger partial charge in [-0.1, -0.05) is 389 Å². The van der Waals surface area contributed by atoms with Crippen LogP contribution in [0.3, 0.4) is 0 Å². The summed E-state index contributed by atoms with van der Waals surface area (Å²) in [6, 6.07) is 0. The Labute approximate surface area is 638 Å². The molecule has 104 heavy (non-hydrogen) atoms.